The molecule has 0 unspecified atom stereocenters. The summed E-state index contributed by atoms with van der Waals surface area (Å²) in [5.74, 6) is -1.41. The first kappa shape index (κ1) is 36.9. The van der Waals surface area contributed by atoms with Crippen LogP contribution in [0.15, 0.2) is 36.1 Å². The lowest BCUT2D eigenvalue weighted by Crippen LogP contribution is -2.48. The van der Waals surface area contributed by atoms with E-state index in [-0.39, 0.29) is 30.4 Å². The molecule has 49 heavy (non-hydrogen) atoms. The summed E-state index contributed by atoms with van der Waals surface area (Å²) >= 11 is 0. The van der Waals surface area contributed by atoms with Gasteiger partial charge in [0.2, 0.25) is 10.0 Å². The molecule has 4 heterocycles. The topological polar surface area (TPSA) is 135 Å². The Morgan fingerprint density at radius 1 is 1.06 bits per heavy atom. The highest BCUT2D eigenvalue weighted by atomic mass is 32.2. The van der Waals surface area contributed by atoms with Crippen LogP contribution >= 0.6 is 0 Å². The van der Waals surface area contributed by atoms with E-state index in [9.17, 15) is 23.1 Å². The molecular weight excluding hydrogens is 653 g/mol. The number of ether oxygens (including phenoxy) is 2. The van der Waals surface area contributed by atoms with Gasteiger partial charge in [-0.3, -0.25) is 9.48 Å². The second-order valence-corrected chi connectivity index (χ2v) is 16.0. The highest BCUT2D eigenvalue weighted by Gasteiger charge is 2.30. The number of amides is 1. The molecule has 1 amide bonds. The first-order valence-electron chi connectivity index (χ1n) is 17.2. The number of likely N-dealkylation sites (N-methyl/N-ethyl adjacent to an activating group) is 1. The minimum absolute atomic E-state index is 0.0835. The average molecular weight is 704 g/mol. The van der Waals surface area contributed by atoms with Crippen molar-refractivity contribution in [3.05, 3.63) is 47.4 Å². The molecule has 5 atom stereocenters. The number of benzene rings is 1. The predicted octanol–water partition coefficient (Wildman–Crippen LogP) is 4.21. The number of hydrogen-bond acceptors (Lipinski definition) is 9. The number of piperazine rings is 1. The molecule has 5 rings (SSSR count). The molecule has 1 aromatic carbocycles. The molecule has 1 aromatic heterocycles. The Kier molecular flexibility index (Phi) is 11.8. The molecule has 2 aromatic rings. The largest absolute Gasteiger partial charge is 0.457 e. The molecule has 1 N–H and O–H groups in total. The molecule has 2 saturated heterocycles. The number of carbonyl (C=O) groups is 2. The van der Waals surface area contributed by atoms with Crippen molar-refractivity contribution in [1.82, 2.24) is 23.9 Å². The molecule has 14 heteroatoms. The summed E-state index contributed by atoms with van der Waals surface area (Å²) < 4.78 is 54.6. The number of nitrogens with zero attached hydrogens (tertiary/aromatic N) is 5. The van der Waals surface area contributed by atoms with Gasteiger partial charge in [0.05, 0.1) is 41.9 Å². The molecule has 0 spiro atoms. The molecule has 3 aliphatic rings. The van der Waals surface area contributed by atoms with E-state index in [1.54, 1.807) is 15.7 Å². The van der Waals surface area contributed by atoms with E-state index in [1.807, 2.05) is 46.0 Å². The Hall–Kier alpha value is -3.33. The lowest BCUT2D eigenvalue weighted by molar-refractivity contribution is -0.151. The Morgan fingerprint density at radius 2 is 1.76 bits per heavy atom. The summed E-state index contributed by atoms with van der Waals surface area (Å²) in [6, 6.07) is 3.18. The maximum atomic E-state index is 15.4. The number of fused-ring (bicyclic) bond motifs is 1. The molecule has 270 valence electrons. The van der Waals surface area contributed by atoms with Crippen LogP contribution in [0.25, 0.3) is 17.0 Å². The van der Waals surface area contributed by atoms with Gasteiger partial charge in [-0.15, -0.1) is 0 Å². The maximum Gasteiger partial charge on any atom is 0.410 e. The number of rotatable bonds is 5. The third-order valence-corrected chi connectivity index (χ3v) is 11.3. The van der Waals surface area contributed by atoms with Gasteiger partial charge in [0.1, 0.15) is 18.0 Å². The van der Waals surface area contributed by atoms with Crippen LogP contribution in [-0.4, -0.2) is 120 Å². The molecule has 12 nitrogen and oxygen atoms in total. The standard InChI is InChI=1S/C35H50FN5O7S/c1-23-6-8-28(42)21-33(43)48-34(24(2)7-9-32(23)47-35(44)39-16-14-38(4)15-17-39)25(3)18-26-19-30(36)29-22-37-41(31(29)20-26)27-10-12-40(13-11-27)49(5,45)46/h7,9,18-20,22-24,27-28,32,34,42H,6,8,10-17,21H2,1-5H3/b9-7+,25-18+/t23-,24-,28+,32-,34-/m0/s1. The Bertz CT molecular complexity index is 1660. The van der Waals surface area contributed by atoms with Gasteiger partial charge in [0.25, 0.3) is 0 Å². The monoisotopic (exact) mass is 703 g/mol. The average Bonchev–Trinajstić information content (AvgIpc) is 3.48. The molecule has 3 aliphatic heterocycles. The van der Waals surface area contributed by atoms with Crippen LogP contribution in [0.4, 0.5) is 9.18 Å². The lowest BCUT2D eigenvalue weighted by atomic mass is 9.91. The highest BCUT2D eigenvalue weighted by molar-refractivity contribution is 7.88. The third kappa shape index (κ3) is 9.27. The highest BCUT2D eigenvalue weighted by Crippen LogP contribution is 2.31. The van der Waals surface area contributed by atoms with E-state index >= 15 is 4.39 Å². The summed E-state index contributed by atoms with van der Waals surface area (Å²) in [5.41, 5.74) is 1.83. The first-order chi connectivity index (χ1) is 23.2. The predicted molar refractivity (Wildman–Crippen MR) is 185 cm³/mol. The minimum atomic E-state index is -3.28. The fourth-order valence-corrected chi connectivity index (χ4v) is 7.76. The molecular formula is C35H50FN5O7S. The number of piperidine rings is 1. The SMILES string of the molecule is C/C(=C\c1cc(F)c2cnn(C3CCN(S(C)(=O)=O)CC3)c2c1)[C@H]1OC(=O)C[C@H](O)CC[C@H](C)[C@@H](OC(=O)N2CCN(C)CC2)/C=C/[C@@H]1C. The van der Waals surface area contributed by atoms with Crippen LogP contribution in [0.3, 0.4) is 0 Å². The summed E-state index contributed by atoms with van der Waals surface area (Å²) in [6.45, 7) is 9.16. The molecule has 2 fully saturated rings. The van der Waals surface area contributed by atoms with Crippen LogP contribution in [0.1, 0.15) is 64.5 Å². The van der Waals surface area contributed by atoms with E-state index in [1.165, 1.54) is 22.8 Å². The van der Waals surface area contributed by atoms with Crippen molar-refractivity contribution >= 4 is 39.1 Å². The van der Waals surface area contributed by atoms with Gasteiger partial charge in [0, 0.05) is 45.2 Å². The Balaban J connectivity index is 1.39. The zero-order chi connectivity index (χ0) is 35.5. The van der Waals surface area contributed by atoms with Gasteiger partial charge in [-0.25, -0.2) is 21.9 Å². The van der Waals surface area contributed by atoms with E-state index < -0.39 is 40.1 Å². The van der Waals surface area contributed by atoms with Gasteiger partial charge >= 0.3 is 12.1 Å². The van der Waals surface area contributed by atoms with Crippen molar-refractivity contribution in [2.24, 2.45) is 11.8 Å². The number of hydrogen-bond donors (Lipinski definition) is 1. The number of cyclic esters (lactones) is 1. The molecule has 0 bridgehead atoms. The fraction of sp³-hybridized carbons (Fsp3) is 0.629. The van der Waals surface area contributed by atoms with Gasteiger partial charge in [-0.2, -0.15) is 5.10 Å². The fourth-order valence-electron chi connectivity index (χ4n) is 6.89. The van der Waals surface area contributed by atoms with Gasteiger partial charge in [-0.05, 0) is 74.9 Å². The smallest absolute Gasteiger partial charge is 0.410 e. The van der Waals surface area contributed by atoms with Gasteiger partial charge < -0.3 is 24.4 Å². The lowest BCUT2D eigenvalue weighted by Gasteiger charge is -2.33. The van der Waals surface area contributed by atoms with Crippen molar-refractivity contribution in [3.8, 4) is 0 Å². The van der Waals surface area contributed by atoms with Crippen molar-refractivity contribution in [2.45, 2.75) is 77.2 Å². The first-order valence-corrected chi connectivity index (χ1v) is 19.0. The second-order valence-electron chi connectivity index (χ2n) is 14.0. The van der Waals surface area contributed by atoms with E-state index in [0.29, 0.717) is 73.9 Å². The number of sulfonamides is 1. The Morgan fingerprint density at radius 3 is 2.43 bits per heavy atom. The number of aromatic nitrogens is 2. The normalized spacial score (nSPS) is 28.5. The summed E-state index contributed by atoms with van der Waals surface area (Å²) in [7, 11) is -1.27. The number of aliphatic hydroxyl groups excluding tert-OH is 1. The summed E-state index contributed by atoms with van der Waals surface area (Å²) in [5, 5.41) is 15.5. The summed E-state index contributed by atoms with van der Waals surface area (Å²) in [6.07, 6.45) is 7.53. The van der Waals surface area contributed by atoms with E-state index in [2.05, 4.69) is 10.00 Å². The van der Waals surface area contributed by atoms with Crippen LogP contribution < -0.4 is 0 Å². The van der Waals surface area contributed by atoms with E-state index in [0.717, 1.165) is 13.1 Å². The van der Waals surface area contributed by atoms with Crippen LogP contribution in [0.2, 0.25) is 0 Å². The van der Waals surface area contributed by atoms with Gasteiger partial charge in [-0.1, -0.05) is 26.0 Å². The quantitative estimate of drug-likeness (QED) is 0.359. The minimum Gasteiger partial charge on any atom is -0.457 e. The second kappa shape index (κ2) is 15.7. The zero-order valence-corrected chi connectivity index (χ0v) is 29.9. The summed E-state index contributed by atoms with van der Waals surface area (Å²) in [4.78, 5) is 30.0. The van der Waals surface area contributed by atoms with Crippen LogP contribution in [0.5, 0.6) is 0 Å². The van der Waals surface area contributed by atoms with E-state index in [4.69, 9.17) is 9.47 Å². The third-order valence-electron chi connectivity index (χ3n) is 10.0. The van der Waals surface area contributed by atoms with Crippen molar-refractivity contribution < 1.29 is 37.0 Å². The van der Waals surface area contributed by atoms with Crippen LogP contribution in [0, 0.1) is 17.7 Å². The van der Waals surface area contributed by atoms with Crippen LogP contribution in [-0.2, 0) is 24.3 Å². The number of carbonyl (C=O) groups excluding carboxylic acids is 2. The van der Waals surface area contributed by atoms with Crippen molar-refractivity contribution in [1.29, 1.82) is 0 Å². The maximum absolute atomic E-state index is 15.4. The van der Waals surface area contributed by atoms with Crippen molar-refractivity contribution in [3.63, 3.8) is 0 Å². The van der Waals surface area contributed by atoms with Gasteiger partial charge in [0.15, 0.2) is 0 Å². The number of halogens is 1. The zero-order valence-electron chi connectivity index (χ0n) is 29.1. The molecule has 0 aliphatic carbocycles. The number of aliphatic hydroxyl groups is 1. The Labute approximate surface area is 288 Å². The van der Waals surface area contributed by atoms with Crippen molar-refractivity contribution in [2.75, 3.05) is 52.6 Å². The molecule has 0 radical (unpaired) electrons. The number of esters is 1. The molecule has 0 saturated carbocycles.